The van der Waals surface area contributed by atoms with Crippen molar-refractivity contribution in [1.82, 2.24) is 10.6 Å². The molecular formula is C16H26N2O2. The van der Waals surface area contributed by atoms with Gasteiger partial charge in [-0.1, -0.05) is 19.1 Å². The van der Waals surface area contributed by atoms with Crippen molar-refractivity contribution < 1.29 is 9.53 Å². The minimum atomic E-state index is -0.130. The van der Waals surface area contributed by atoms with Gasteiger partial charge in [-0.05, 0) is 50.9 Å². The number of carbonyl (C=O) groups excluding carboxylic acids is 1. The van der Waals surface area contributed by atoms with Gasteiger partial charge in [0, 0.05) is 5.54 Å². The zero-order valence-corrected chi connectivity index (χ0v) is 13.0. The number of ether oxygens (including phenoxy) is 1. The third-order valence-corrected chi connectivity index (χ3v) is 3.40. The van der Waals surface area contributed by atoms with Crippen LogP contribution in [0.3, 0.4) is 0 Å². The molecule has 0 heterocycles. The second kappa shape index (κ2) is 7.90. The molecule has 1 rings (SSSR count). The van der Waals surface area contributed by atoms with E-state index in [9.17, 15) is 4.79 Å². The Labute approximate surface area is 121 Å². The first kappa shape index (κ1) is 16.5. The lowest BCUT2D eigenvalue weighted by Gasteiger charge is -2.24. The van der Waals surface area contributed by atoms with Crippen LogP contribution in [0.2, 0.25) is 0 Å². The number of nitrogens with one attached hydrogen (secondary N) is 2. The highest BCUT2D eigenvalue weighted by Crippen LogP contribution is 2.11. The zero-order valence-electron chi connectivity index (χ0n) is 13.0. The molecule has 20 heavy (non-hydrogen) atoms. The molecular weight excluding hydrogens is 252 g/mol. The minimum absolute atomic E-state index is 0.0478. The predicted molar refractivity (Wildman–Crippen MR) is 82.1 cm³/mol. The summed E-state index contributed by atoms with van der Waals surface area (Å²) in [6.07, 6.45) is 1.82. The maximum Gasteiger partial charge on any atom is 0.234 e. The van der Waals surface area contributed by atoms with Gasteiger partial charge in [0.15, 0.2) is 0 Å². The van der Waals surface area contributed by atoms with Gasteiger partial charge in [0.05, 0.1) is 13.7 Å². The molecule has 2 N–H and O–H groups in total. The van der Waals surface area contributed by atoms with Crippen molar-refractivity contribution in [2.75, 3.05) is 20.2 Å². The van der Waals surface area contributed by atoms with Crippen molar-refractivity contribution >= 4 is 5.91 Å². The Morgan fingerprint density at radius 3 is 2.45 bits per heavy atom. The van der Waals surface area contributed by atoms with Gasteiger partial charge in [0.1, 0.15) is 5.75 Å². The molecule has 0 spiro atoms. The van der Waals surface area contributed by atoms with Crippen LogP contribution >= 0.6 is 0 Å². The van der Waals surface area contributed by atoms with Crippen molar-refractivity contribution in [1.29, 1.82) is 0 Å². The first-order valence-electron chi connectivity index (χ1n) is 7.11. The average molecular weight is 278 g/mol. The zero-order chi connectivity index (χ0) is 15.0. The molecule has 0 unspecified atom stereocenters. The minimum Gasteiger partial charge on any atom is -0.497 e. The van der Waals surface area contributed by atoms with Gasteiger partial charge >= 0.3 is 0 Å². The Hall–Kier alpha value is -1.55. The van der Waals surface area contributed by atoms with E-state index in [4.69, 9.17) is 4.74 Å². The van der Waals surface area contributed by atoms with E-state index in [0.717, 1.165) is 25.1 Å². The molecule has 0 radical (unpaired) electrons. The van der Waals surface area contributed by atoms with Crippen LogP contribution in [0.1, 0.15) is 32.8 Å². The van der Waals surface area contributed by atoms with Crippen molar-refractivity contribution in [3.63, 3.8) is 0 Å². The summed E-state index contributed by atoms with van der Waals surface area (Å²) in [5.74, 6) is 0.912. The molecule has 1 aromatic carbocycles. The summed E-state index contributed by atoms with van der Waals surface area (Å²) in [5.41, 5.74) is 1.10. The van der Waals surface area contributed by atoms with Crippen LogP contribution < -0.4 is 15.4 Å². The highest BCUT2D eigenvalue weighted by molar-refractivity contribution is 5.78. The fourth-order valence-corrected chi connectivity index (χ4v) is 1.74. The summed E-state index contributed by atoms with van der Waals surface area (Å²) in [4.78, 5) is 11.7. The lowest BCUT2D eigenvalue weighted by Crippen LogP contribution is -2.46. The molecule has 4 heteroatoms. The maximum atomic E-state index is 11.7. The van der Waals surface area contributed by atoms with E-state index < -0.39 is 0 Å². The van der Waals surface area contributed by atoms with E-state index in [1.54, 1.807) is 7.11 Å². The average Bonchev–Trinajstić information content (AvgIpc) is 2.44. The summed E-state index contributed by atoms with van der Waals surface area (Å²) >= 11 is 0. The van der Waals surface area contributed by atoms with E-state index in [2.05, 4.69) is 17.6 Å². The molecule has 0 saturated heterocycles. The fourth-order valence-electron chi connectivity index (χ4n) is 1.74. The summed E-state index contributed by atoms with van der Waals surface area (Å²) in [5, 5.41) is 6.17. The quantitative estimate of drug-likeness (QED) is 0.716. The van der Waals surface area contributed by atoms with E-state index in [1.165, 1.54) is 5.56 Å². The van der Waals surface area contributed by atoms with E-state index in [-0.39, 0.29) is 11.4 Å². The topological polar surface area (TPSA) is 50.4 Å². The Kier molecular flexibility index (Phi) is 6.52. The summed E-state index contributed by atoms with van der Waals surface area (Å²) in [6, 6.07) is 7.99. The third kappa shape index (κ3) is 6.06. The van der Waals surface area contributed by atoms with Gasteiger partial charge in [-0.25, -0.2) is 0 Å². The monoisotopic (exact) mass is 278 g/mol. The normalized spacial score (nSPS) is 11.2. The molecule has 1 aromatic rings. The SMILES string of the molecule is CCC(C)(C)NC(=O)CNCCc1ccc(OC)cc1. The molecule has 0 aliphatic carbocycles. The fraction of sp³-hybridized carbons (Fsp3) is 0.562. The Bertz CT molecular complexity index is 413. The number of methoxy groups -OCH3 is 1. The van der Waals surface area contributed by atoms with Crippen molar-refractivity contribution in [2.24, 2.45) is 0 Å². The van der Waals surface area contributed by atoms with Crippen LogP contribution in [0.15, 0.2) is 24.3 Å². The molecule has 0 bridgehead atoms. The molecule has 0 aromatic heterocycles. The van der Waals surface area contributed by atoms with E-state index in [0.29, 0.717) is 6.54 Å². The van der Waals surface area contributed by atoms with Crippen LogP contribution in [0.5, 0.6) is 5.75 Å². The Morgan fingerprint density at radius 2 is 1.90 bits per heavy atom. The van der Waals surface area contributed by atoms with Crippen LogP contribution in [0.25, 0.3) is 0 Å². The van der Waals surface area contributed by atoms with Crippen LogP contribution in [0, 0.1) is 0 Å². The lowest BCUT2D eigenvalue weighted by molar-refractivity contribution is -0.121. The van der Waals surface area contributed by atoms with Crippen LogP contribution in [0.4, 0.5) is 0 Å². The van der Waals surface area contributed by atoms with Gasteiger partial charge < -0.3 is 15.4 Å². The van der Waals surface area contributed by atoms with Crippen molar-refractivity contribution in [2.45, 2.75) is 39.2 Å². The predicted octanol–water partition coefficient (Wildman–Crippen LogP) is 2.13. The third-order valence-electron chi connectivity index (χ3n) is 3.40. The molecule has 0 atom stereocenters. The highest BCUT2D eigenvalue weighted by Gasteiger charge is 2.16. The Balaban J connectivity index is 2.22. The molecule has 0 aliphatic heterocycles. The number of benzene rings is 1. The molecule has 0 aliphatic rings. The second-order valence-electron chi connectivity index (χ2n) is 5.56. The van der Waals surface area contributed by atoms with Gasteiger partial charge in [-0.3, -0.25) is 4.79 Å². The summed E-state index contributed by atoms with van der Waals surface area (Å²) in [7, 11) is 1.66. The molecule has 4 nitrogen and oxygen atoms in total. The molecule has 1 amide bonds. The second-order valence-corrected chi connectivity index (χ2v) is 5.56. The van der Waals surface area contributed by atoms with Gasteiger partial charge in [-0.2, -0.15) is 0 Å². The number of hydrogen-bond acceptors (Lipinski definition) is 3. The lowest BCUT2D eigenvalue weighted by atomic mass is 10.0. The standard InChI is InChI=1S/C16H26N2O2/c1-5-16(2,3)18-15(19)12-17-11-10-13-6-8-14(20-4)9-7-13/h6-9,17H,5,10-12H2,1-4H3,(H,18,19). The number of amides is 1. The Morgan fingerprint density at radius 1 is 1.25 bits per heavy atom. The van der Waals surface area contributed by atoms with E-state index in [1.807, 2.05) is 38.1 Å². The number of carbonyl (C=O) groups is 1. The smallest absolute Gasteiger partial charge is 0.234 e. The summed E-state index contributed by atoms with van der Waals surface area (Å²) in [6.45, 7) is 7.27. The van der Waals surface area contributed by atoms with E-state index >= 15 is 0 Å². The van der Waals surface area contributed by atoms with Crippen molar-refractivity contribution in [3.8, 4) is 5.75 Å². The molecule has 0 saturated carbocycles. The van der Waals surface area contributed by atoms with Crippen molar-refractivity contribution in [3.05, 3.63) is 29.8 Å². The first-order valence-corrected chi connectivity index (χ1v) is 7.11. The van der Waals surface area contributed by atoms with Gasteiger partial charge in [-0.15, -0.1) is 0 Å². The largest absolute Gasteiger partial charge is 0.497 e. The highest BCUT2D eigenvalue weighted by atomic mass is 16.5. The van der Waals surface area contributed by atoms with Crippen LogP contribution in [-0.4, -0.2) is 31.6 Å². The molecule has 0 fully saturated rings. The first-order chi connectivity index (χ1) is 9.46. The maximum absolute atomic E-state index is 11.7. The van der Waals surface area contributed by atoms with Gasteiger partial charge in [0.2, 0.25) is 5.91 Å². The number of hydrogen-bond donors (Lipinski definition) is 2. The van der Waals surface area contributed by atoms with Crippen LogP contribution in [-0.2, 0) is 11.2 Å². The number of rotatable bonds is 8. The van der Waals surface area contributed by atoms with Gasteiger partial charge in [0.25, 0.3) is 0 Å². The summed E-state index contributed by atoms with van der Waals surface area (Å²) < 4.78 is 5.11. The molecule has 112 valence electrons.